The van der Waals surface area contributed by atoms with Crippen LogP contribution in [-0.4, -0.2) is 23.7 Å². The molecular formula is C12H12ClNO2. The summed E-state index contributed by atoms with van der Waals surface area (Å²) >= 11 is 6.17. The Hall–Kier alpha value is -1.22. The van der Waals surface area contributed by atoms with Crippen LogP contribution in [-0.2, 0) is 11.2 Å². The molecule has 1 aromatic carbocycles. The van der Waals surface area contributed by atoms with Gasteiger partial charge in [-0.2, -0.15) is 0 Å². The summed E-state index contributed by atoms with van der Waals surface area (Å²) in [5.41, 5.74) is 2.24. The fourth-order valence-electron chi connectivity index (χ4n) is 2.94. The number of hydrogen-bond acceptors (Lipinski definition) is 2. The van der Waals surface area contributed by atoms with Crippen molar-refractivity contribution in [2.75, 3.05) is 11.4 Å². The first kappa shape index (κ1) is 9.97. The second kappa shape index (κ2) is 3.39. The molecule has 2 unspecified atom stereocenters. The van der Waals surface area contributed by atoms with Gasteiger partial charge in [-0.25, -0.2) is 0 Å². The first-order valence-electron chi connectivity index (χ1n) is 5.45. The van der Waals surface area contributed by atoms with Crippen molar-refractivity contribution in [2.24, 2.45) is 5.92 Å². The van der Waals surface area contributed by atoms with E-state index in [0.29, 0.717) is 0 Å². The fraction of sp³-hybridized carbons (Fsp3) is 0.417. The lowest BCUT2D eigenvalue weighted by Crippen LogP contribution is -2.32. The molecule has 16 heavy (non-hydrogen) atoms. The number of fused-ring (bicyclic) bond motifs is 3. The van der Waals surface area contributed by atoms with Crippen LogP contribution in [0.4, 0.5) is 5.69 Å². The summed E-state index contributed by atoms with van der Waals surface area (Å²) in [4.78, 5) is 13.3. The van der Waals surface area contributed by atoms with Crippen molar-refractivity contribution in [1.82, 2.24) is 0 Å². The molecule has 2 atom stereocenters. The van der Waals surface area contributed by atoms with Crippen LogP contribution in [0.3, 0.4) is 0 Å². The van der Waals surface area contributed by atoms with Gasteiger partial charge in [0.25, 0.3) is 0 Å². The normalized spacial score (nSPS) is 26.7. The molecule has 84 valence electrons. The standard InChI is InChI=1S/C12H12ClNO2/c13-9-3-1-2-7-6-10-8(12(15)16)4-5-14(10)11(7)9/h1-3,8,10H,4-6H2,(H,15,16). The van der Waals surface area contributed by atoms with Crippen LogP contribution in [0.2, 0.25) is 5.02 Å². The van der Waals surface area contributed by atoms with Crippen LogP contribution >= 0.6 is 11.6 Å². The van der Waals surface area contributed by atoms with E-state index < -0.39 is 5.97 Å². The van der Waals surface area contributed by atoms with Gasteiger partial charge in [0.05, 0.1) is 16.6 Å². The molecular weight excluding hydrogens is 226 g/mol. The molecule has 3 nitrogen and oxygen atoms in total. The van der Waals surface area contributed by atoms with Gasteiger partial charge in [-0.15, -0.1) is 0 Å². The van der Waals surface area contributed by atoms with Gasteiger partial charge in [0, 0.05) is 12.6 Å². The summed E-state index contributed by atoms with van der Waals surface area (Å²) in [6, 6.07) is 5.95. The number of anilines is 1. The minimum absolute atomic E-state index is 0.104. The molecule has 2 aliphatic rings. The number of rotatable bonds is 1. The highest BCUT2D eigenvalue weighted by Gasteiger charge is 2.44. The maximum Gasteiger partial charge on any atom is 0.308 e. The van der Waals surface area contributed by atoms with Gasteiger partial charge in [-0.05, 0) is 24.5 Å². The third kappa shape index (κ3) is 1.24. The smallest absolute Gasteiger partial charge is 0.308 e. The third-order valence-corrected chi connectivity index (χ3v) is 3.95. The molecule has 1 fully saturated rings. The average Bonchev–Trinajstić information content (AvgIpc) is 2.74. The van der Waals surface area contributed by atoms with Crippen LogP contribution in [0.25, 0.3) is 0 Å². The van der Waals surface area contributed by atoms with Crippen LogP contribution < -0.4 is 4.90 Å². The molecule has 0 amide bonds. The number of hydrogen-bond donors (Lipinski definition) is 1. The van der Waals surface area contributed by atoms with Crippen LogP contribution in [0.15, 0.2) is 18.2 Å². The number of nitrogens with zero attached hydrogens (tertiary/aromatic N) is 1. The Bertz CT molecular complexity index is 460. The van der Waals surface area contributed by atoms with Crippen LogP contribution in [0.5, 0.6) is 0 Å². The van der Waals surface area contributed by atoms with E-state index in [4.69, 9.17) is 16.7 Å². The van der Waals surface area contributed by atoms with E-state index in [-0.39, 0.29) is 12.0 Å². The molecule has 1 aromatic rings. The summed E-state index contributed by atoms with van der Waals surface area (Å²) in [6.45, 7) is 0.804. The van der Waals surface area contributed by atoms with Crippen molar-refractivity contribution in [3.05, 3.63) is 28.8 Å². The highest BCUT2D eigenvalue weighted by atomic mass is 35.5. The largest absolute Gasteiger partial charge is 0.481 e. The zero-order valence-electron chi connectivity index (χ0n) is 8.69. The number of halogens is 1. The van der Waals surface area contributed by atoms with E-state index in [1.165, 1.54) is 5.56 Å². The number of carboxylic acid groups (broad SMARTS) is 1. The summed E-state index contributed by atoms with van der Waals surface area (Å²) in [5, 5.41) is 9.89. The Morgan fingerprint density at radius 3 is 3.06 bits per heavy atom. The maximum atomic E-state index is 11.1. The van der Waals surface area contributed by atoms with E-state index in [2.05, 4.69) is 4.90 Å². The molecule has 4 heteroatoms. The summed E-state index contributed by atoms with van der Waals surface area (Å²) < 4.78 is 0. The average molecular weight is 238 g/mol. The first-order chi connectivity index (χ1) is 7.68. The highest BCUT2D eigenvalue weighted by molar-refractivity contribution is 6.33. The minimum atomic E-state index is -0.684. The topological polar surface area (TPSA) is 40.5 Å². The SMILES string of the molecule is O=C(O)C1CCN2c3c(Cl)cccc3CC12. The number of carbonyl (C=O) groups is 1. The van der Waals surface area contributed by atoms with Crippen molar-refractivity contribution >= 4 is 23.3 Å². The molecule has 0 spiro atoms. The van der Waals surface area contributed by atoms with E-state index in [1.54, 1.807) is 0 Å². The van der Waals surface area contributed by atoms with E-state index in [0.717, 1.165) is 30.1 Å². The Morgan fingerprint density at radius 1 is 1.50 bits per heavy atom. The third-order valence-electron chi connectivity index (χ3n) is 3.65. The van der Waals surface area contributed by atoms with Crippen molar-refractivity contribution in [3.8, 4) is 0 Å². The first-order valence-corrected chi connectivity index (χ1v) is 5.83. The Morgan fingerprint density at radius 2 is 2.31 bits per heavy atom. The minimum Gasteiger partial charge on any atom is -0.481 e. The van der Waals surface area contributed by atoms with Gasteiger partial charge in [-0.3, -0.25) is 4.79 Å². The molecule has 0 radical (unpaired) electrons. The lowest BCUT2D eigenvalue weighted by molar-refractivity contribution is -0.141. The summed E-state index contributed by atoms with van der Waals surface area (Å²) in [7, 11) is 0. The lowest BCUT2D eigenvalue weighted by atomic mass is 9.97. The van der Waals surface area contributed by atoms with Gasteiger partial charge in [0.15, 0.2) is 0 Å². The molecule has 1 saturated heterocycles. The molecule has 3 rings (SSSR count). The Labute approximate surface area is 98.6 Å². The highest BCUT2D eigenvalue weighted by Crippen LogP contribution is 2.44. The van der Waals surface area contributed by atoms with Gasteiger partial charge >= 0.3 is 5.97 Å². The zero-order valence-corrected chi connectivity index (χ0v) is 9.44. The van der Waals surface area contributed by atoms with E-state index in [9.17, 15) is 4.79 Å². The number of para-hydroxylation sites is 1. The van der Waals surface area contributed by atoms with Crippen molar-refractivity contribution < 1.29 is 9.90 Å². The second-order valence-corrected chi connectivity index (χ2v) is 4.85. The monoisotopic (exact) mass is 237 g/mol. The van der Waals surface area contributed by atoms with Gasteiger partial charge in [0.1, 0.15) is 0 Å². The number of aliphatic carboxylic acids is 1. The van der Waals surface area contributed by atoms with E-state index >= 15 is 0 Å². The van der Waals surface area contributed by atoms with Crippen molar-refractivity contribution in [2.45, 2.75) is 18.9 Å². The second-order valence-electron chi connectivity index (χ2n) is 4.45. The molecule has 0 aliphatic carbocycles. The number of carboxylic acids is 1. The van der Waals surface area contributed by atoms with Gasteiger partial charge in [-0.1, -0.05) is 23.7 Å². The van der Waals surface area contributed by atoms with Gasteiger partial charge < -0.3 is 10.0 Å². The van der Waals surface area contributed by atoms with E-state index in [1.807, 2.05) is 18.2 Å². The van der Waals surface area contributed by atoms with Gasteiger partial charge in [0.2, 0.25) is 0 Å². The lowest BCUT2D eigenvalue weighted by Gasteiger charge is -2.21. The van der Waals surface area contributed by atoms with Crippen LogP contribution in [0.1, 0.15) is 12.0 Å². The quantitative estimate of drug-likeness (QED) is 0.814. The molecule has 2 aliphatic heterocycles. The fourth-order valence-corrected chi connectivity index (χ4v) is 3.25. The Balaban J connectivity index is 2.01. The van der Waals surface area contributed by atoms with Crippen molar-refractivity contribution in [3.63, 3.8) is 0 Å². The summed E-state index contributed by atoms with van der Waals surface area (Å²) in [6.07, 6.45) is 1.54. The predicted molar refractivity (Wildman–Crippen MR) is 62.0 cm³/mol. The molecule has 0 aromatic heterocycles. The predicted octanol–water partition coefficient (Wildman–Crippen LogP) is 2.18. The Kier molecular flexibility index (Phi) is 2.11. The molecule has 2 heterocycles. The molecule has 1 N–H and O–H groups in total. The molecule has 0 bridgehead atoms. The van der Waals surface area contributed by atoms with Crippen molar-refractivity contribution in [1.29, 1.82) is 0 Å². The zero-order chi connectivity index (χ0) is 11.3. The summed E-state index contributed by atoms with van der Waals surface area (Å²) in [5.74, 6) is -0.931. The van der Waals surface area contributed by atoms with Crippen LogP contribution in [0, 0.1) is 5.92 Å². The maximum absolute atomic E-state index is 11.1. The molecule has 0 saturated carbocycles. The number of benzene rings is 1.